The maximum Gasteiger partial charge on any atom is 0.416 e. The largest absolute Gasteiger partial charge is 0.416 e. The smallest absolute Gasteiger partial charge is 0.396 e. The van der Waals surface area contributed by atoms with Crippen molar-refractivity contribution in [3.63, 3.8) is 0 Å². The number of aliphatic hydroxyl groups excluding tert-OH is 1. The third-order valence-electron chi connectivity index (χ3n) is 5.28. The van der Waals surface area contributed by atoms with Crippen molar-refractivity contribution < 1.29 is 23.1 Å². The van der Waals surface area contributed by atoms with E-state index in [1.165, 1.54) is 12.1 Å². The molecule has 0 spiro atoms. The number of hydrogen-bond acceptors (Lipinski definition) is 4. The topological polar surface area (TPSA) is 84.2 Å². The number of aryl methyl sites for hydroxylation is 1. The lowest BCUT2D eigenvalue weighted by Gasteiger charge is -2.18. The van der Waals surface area contributed by atoms with E-state index in [1.54, 1.807) is 13.8 Å². The van der Waals surface area contributed by atoms with E-state index < -0.39 is 23.2 Å². The van der Waals surface area contributed by atoms with Crippen LogP contribution in [-0.2, 0) is 23.9 Å². The minimum atomic E-state index is -4.50. The number of halogens is 3. The molecule has 174 valence electrons. The van der Waals surface area contributed by atoms with Gasteiger partial charge in [-0.05, 0) is 31.5 Å². The first-order valence-electron chi connectivity index (χ1n) is 10.3. The molecule has 1 amide bonds. The zero-order chi connectivity index (χ0) is 24.2. The van der Waals surface area contributed by atoms with Crippen molar-refractivity contribution in [3.8, 4) is 11.4 Å². The van der Waals surface area contributed by atoms with Gasteiger partial charge in [0.25, 0.3) is 5.56 Å². The Morgan fingerprint density at radius 2 is 1.76 bits per heavy atom. The molecule has 0 fully saturated rings. The van der Waals surface area contributed by atoms with Crippen molar-refractivity contribution in [2.24, 2.45) is 0 Å². The van der Waals surface area contributed by atoms with E-state index in [0.29, 0.717) is 5.69 Å². The summed E-state index contributed by atoms with van der Waals surface area (Å²) in [6.45, 7) is 2.73. The van der Waals surface area contributed by atoms with Crippen LogP contribution in [0.4, 0.5) is 13.2 Å². The van der Waals surface area contributed by atoms with E-state index in [9.17, 15) is 27.9 Å². The van der Waals surface area contributed by atoms with Crippen LogP contribution in [0.25, 0.3) is 11.4 Å². The van der Waals surface area contributed by atoms with Crippen molar-refractivity contribution in [3.05, 3.63) is 87.3 Å². The molecular formula is C24H24F3N3O3. The number of benzene rings is 2. The van der Waals surface area contributed by atoms with Gasteiger partial charge >= 0.3 is 6.18 Å². The Hall–Kier alpha value is -3.46. The summed E-state index contributed by atoms with van der Waals surface area (Å²) in [6, 6.07) is 13.2. The van der Waals surface area contributed by atoms with Crippen molar-refractivity contribution >= 4 is 5.91 Å². The van der Waals surface area contributed by atoms with Gasteiger partial charge in [0.05, 0.1) is 11.6 Å². The van der Waals surface area contributed by atoms with Gasteiger partial charge < -0.3 is 10.4 Å². The van der Waals surface area contributed by atoms with E-state index in [2.05, 4.69) is 10.3 Å². The molecular weight excluding hydrogens is 435 g/mol. The van der Waals surface area contributed by atoms with Crippen LogP contribution in [0.2, 0.25) is 0 Å². The van der Waals surface area contributed by atoms with Crippen LogP contribution in [0.3, 0.4) is 0 Å². The maximum absolute atomic E-state index is 13.1. The minimum absolute atomic E-state index is 0.0486. The maximum atomic E-state index is 13.1. The molecule has 0 saturated heterocycles. The van der Waals surface area contributed by atoms with Gasteiger partial charge in [0, 0.05) is 29.8 Å². The predicted molar refractivity (Wildman–Crippen MR) is 117 cm³/mol. The molecule has 0 radical (unpaired) electrons. The summed E-state index contributed by atoms with van der Waals surface area (Å²) in [5.41, 5.74) is 0.388. The van der Waals surface area contributed by atoms with Crippen LogP contribution in [-0.4, -0.2) is 27.2 Å². The van der Waals surface area contributed by atoms with Crippen molar-refractivity contribution in [1.82, 2.24) is 14.9 Å². The van der Waals surface area contributed by atoms with E-state index in [0.717, 1.165) is 22.3 Å². The number of alkyl halides is 3. The summed E-state index contributed by atoms with van der Waals surface area (Å²) in [5.74, 6) is -0.377. The molecule has 0 aliphatic carbocycles. The monoisotopic (exact) mass is 459 g/mol. The molecule has 0 aliphatic rings. The highest BCUT2D eigenvalue weighted by atomic mass is 19.4. The zero-order valence-electron chi connectivity index (χ0n) is 18.2. The molecule has 6 nitrogen and oxygen atoms in total. The normalized spacial score (nSPS) is 12.4. The fraction of sp³-hybridized carbons (Fsp3) is 0.292. The molecule has 1 unspecified atom stereocenters. The Balaban J connectivity index is 1.98. The average Bonchev–Trinajstić information content (AvgIpc) is 2.78. The van der Waals surface area contributed by atoms with Gasteiger partial charge in [-0.3, -0.25) is 14.2 Å². The lowest BCUT2D eigenvalue weighted by atomic mass is 10.1. The lowest BCUT2D eigenvalue weighted by Crippen LogP contribution is -2.36. The number of amides is 1. The van der Waals surface area contributed by atoms with Crippen molar-refractivity contribution in [1.29, 1.82) is 0 Å². The van der Waals surface area contributed by atoms with Crippen LogP contribution >= 0.6 is 0 Å². The predicted octanol–water partition coefficient (Wildman–Crippen LogP) is 3.65. The van der Waals surface area contributed by atoms with Gasteiger partial charge in [0.1, 0.15) is 12.4 Å². The van der Waals surface area contributed by atoms with Crippen LogP contribution in [0.5, 0.6) is 0 Å². The third kappa shape index (κ3) is 5.67. The van der Waals surface area contributed by atoms with Gasteiger partial charge in [-0.2, -0.15) is 13.2 Å². The van der Waals surface area contributed by atoms with Crippen molar-refractivity contribution in [2.45, 2.75) is 39.0 Å². The Morgan fingerprint density at radius 3 is 2.33 bits per heavy atom. The second kappa shape index (κ2) is 9.99. The number of carbonyl (C=O) groups excluding carboxylic acids is 1. The number of aliphatic hydroxyl groups is 1. The molecule has 2 N–H and O–H groups in total. The van der Waals surface area contributed by atoms with Crippen LogP contribution in [0, 0.1) is 6.92 Å². The highest BCUT2D eigenvalue weighted by Crippen LogP contribution is 2.30. The first-order valence-corrected chi connectivity index (χ1v) is 10.3. The molecule has 1 heterocycles. The molecule has 33 heavy (non-hydrogen) atoms. The third-order valence-corrected chi connectivity index (χ3v) is 5.28. The molecule has 1 aromatic heterocycles. The standard InChI is InChI=1S/C24H24F3N3O3/c1-15(17-6-4-3-5-7-17)28-21(32)14-30-22(29-16(2)20(12-13-31)23(30)33)18-8-10-19(11-9-18)24(25,26)27/h3-11,15,31H,12-14H2,1-2H3,(H,28,32). The average molecular weight is 459 g/mol. The highest BCUT2D eigenvalue weighted by Gasteiger charge is 2.30. The molecule has 1 atom stereocenters. The summed E-state index contributed by atoms with van der Waals surface area (Å²) in [7, 11) is 0. The SMILES string of the molecule is Cc1nc(-c2ccc(C(F)(F)F)cc2)n(CC(=O)NC(C)c2ccccc2)c(=O)c1CCO. The lowest BCUT2D eigenvalue weighted by molar-refractivity contribution is -0.137. The zero-order valence-corrected chi connectivity index (χ0v) is 18.2. The van der Waals surface area contributed by atoms with Gasteiger partial charge in [-0.15, -0.1) is 0 Å². The second-order valence-electron chi connectivity index (χ2n) is 7.64. The fourth-order valence-electron chi connectivity index (χ4n) is 3.53. The first kappa shape index (κ1) is 24.2. The van der Waals surface area contributed by atoms with E-state index >= 15 is 0 Å². The quantitative estimate of drug-likeness (QED) is 0.565. The number of nitrogens with zero attached hydrogens (tertiary/aromatic N) is 2. The molecule has 3 aromatic rings. The van der Waals surface area contributed by atoms with Crippen molar-refractivity contribution in [2.75, 3.05) is 6.61 Å². The van der Waals surface area contributed by atoms with Gasteiger partial charge in [0.2, 0.25) is 5.91 Å². The molecule has 0 bridgehead atoms. The summed E-state index contributed by atoms with van der Waals surface area (Å²) < 4.78 is 40.0. The summed E-state index contributed by atoms with van der Waals surface area (Å²) in [5, 5.41) is 12.1. The molecule has 0 saturated carbocycles. The minimum Gasteiger partial charge on any atom is -0.396 e. The summed E-state index contributed by atoms with van der Waals surface area (Å²) >= 11 is 0. The summed E-state index contributed by atoms with van der Waals surface area (Å²) in [4.78, 5) is 30.3. The van der Waals surface area contributed by atoms with Gasteiger partial charge in [-0.1, -0.05) is 42.5 Å². The van der Waals surface area contributed by atoms with Crippen LogP contribution < -0.4 is 10.9 Å². The Kier molecular flexibility index (Phi) is 7.33. The first-order chi connectivity index (χ1) is 15.6. The number of carbonyl (C=O) groups is 1. The second-order valence-corrected chi connectivity index (χ2v) is 7.64. The van der Waals surface area contributed by atoms with E-state index in [-0.39, 0.29) is 42.6 Å². The van der Waals surface area contributed by atoms with E-state index in [4.69, 9.17) is 0 Å². The Morgan fingerprint density at radius 1 is 1.12 bits per heavy atom. The van der Waals surface area contributed by atoms with Gasteiger partial charge in [-0.25, -0.2) is 4.98 Å². The number of rotatable bonds is 7. The number of nitrogens with one attached hydrogen (secondary N) is 1. The highest BCUT2D eigenvalue weighted by molar-refractivity contribution is 5.77. The van der Waals surface area contributed by atoms with Crippen LogP contribution in [0.15, 0.2) is 59.4 Å². The summed E-state index contributed by atoms with van der Waals surface area (Å²) in [6.07, 6.45) is -4.45. The number of aromatic nitrogens is 2. The molecule has 9 heteroatoms. The fourth-order valence-corrected chi connectivity index (χ4v) is 3.53. The van der Waals surface area contributed by atoms with Crippen LogP contribution in [0.1, 0.15) is 35.3 Å². The Bertz CT molecular complexity index is 1170. The molecule has 3 rings (SSSR count). The molecule has 2 aromatic carbocycles. The molecule has 0 aliphatic heterocycles. The Labute approximate surface area is 188 Å². The number of hydrogen-bond donors (Lipinski definition) is 2. The van der Waals surface area contributed by atoms with Gasteiger partial charge in [0.15, 0.2) is 0 Å². The van der Waals surface area contributed by atoms with E-state index in [1.807, 2.05) is 30.3 Å².